The van der Waals surface area contributed by atoms with E-state index in [1.165, 1.54) is 0 Å². The van der Waals surface area contributed by atoms with E-state index < -0.39 is 6.10 Å². The third-order valence-corrected chi connectivity index (χ3v) is 2.19. The fraction of sp³-hybridized carbons (Fsp3) is 0.538. The van der Waals surface area contributed by atoms with Crippen LogP contribution < -0.4 is 4.74 Å². The summed E-state index contributed by atoms with van der Waals surface area (Å²) in [4.78, 5) is 0. The van der Waals surface area contributed by atoms with Crippen LogP contribution in [-0.2, 0) is 0 Å². The summed E-state index contributed by atoms with van der Waals surface area (Å²) in [6.45, 7) is 8.68. The number of aliphatic hydroxyl groups excluding tert-OH is 1. The normalized spacial score (nSPS) is 12.9. The van der Waals surface area contributed by atoms with Gasteiger partial charge in [-0.1, -0.05) is 26.0 Å². The summed E-state index contributed by atoms with van der Waals surface area (Å²) in [7, 11) is 0. The molecule has 0 fully saturated rings. The van der Waals surface area contributed by atoms with E-state index in [2.05, 4.69) is 13.8 Å². The summed E-state index contributed by atoms with van der Waals surface area (Å²) < 4.78 is 5.68. The highest BCUT2D eigenvalue weighted by Crippen LogP contribution is 2.26. The molecule has 0 aromatic heterocycles. The summed E-state index contributed by atoms with van der Waals surface area (Å²) in [6.07, 6.45) is -0.479. The van der Waals surface area contributed by atoms with Gasteiger partial charge < -0.3 is 9.84 Å². The molecule has 1 aromatic carbocycles. The molecule has 1 aromatic rings. The fourth-order valence-corrected chi connectivity index (χ4v) is 1.37. The van der Waals surface area contributed by atoms with Gasteiger partial charge >= 0.3 is 0 Å². The third kappa shape index (κ3) is 3.56. The molecule has 0 bridgehead atoms. The van der Waals surface area contributed by atoms with Crippen molar-refractivity contribution in [2.45, 2.75) is 33.8 Å². The van der Waals surface area contributed by atoms with E-state index in [0.717, 1.165) is 16.9 Å². The van der Waals surface area contributed by atoms with Gasteiger partial charge in [0.1, 0.15) is 5.75 Å². The molecule has 0 aliphatic rings. The summed E-state index contributed by atoms with van der Waals surface area (Å²) in [5.41, 5.74) is 2.01. The first kappa shape index (κ1) is 12.1. The molecule has 0 aliphatic heterocycles. The highest BCUT2D eigenvalue weighted by Gasteiger charge is 2.09. The first-order valence-electron chi connectivity index (χ1n) is 5.42. The Labute approximate surface area is 91.9 Å². The van der Waals surface area contributed by atoms with Crippen LogP contribution in [-0.4, -0.2) is 11.7 Å². The summed E-state index contributed by atoms with van der Waals surface area (Å²) in [6, 6.07) is 5.89. The molecule has 1 N–H and O–H groups in total. The molecule has 0 saturated heterocycles. The maximum atomic E-state index is 9.58. The number of hydrogen-bond donors (Lipinski definition) is 1. The average Bonchev–Trinajstić information content (AvgIpc) is 2.14. The summed E-state index contributed by atoms with van der Waals surface area (Å²) >= 11 is 0. The largest absolute Gasteiger partial charge is 0.493 e. The monoisotopic (exact) mass is 208 g/mol. The van der Waals surface area contributed by atoms with E-state index in [4.69, 9.17) is 4.74 Å². The Morgan fingerprint density at radius 1 is 1.27 bits per heavy atom. The summed E-state index contributed by atoms with van der Waals surface area (Å²) in [5, 5.41) is 9.58. The molecule has 0 saturated carbocycles. The third-order valence-electron chi connectivity index (χ3n) is 2.19. The highest BCUT2D eigenvalue weighted by molar-refractivity contribution is 5.38. The second-order valence-electron chi connectivity index (χ2n) is 4.42. The van der Waals surface area contributed by atoms with E-state index >= 15 is 0 Å². The molecule has 0 heterocycles. The van der Waals surface area contributed by atoms with Crippen LogP contribution in [0.15, 0.2) is 18.2 Å². The van der Waals surface area contributed by atoms with Crippen molar-refractivity contribution >= 4 is 0 Å². The van der Waals surface area contributed by atoms with Gasteiger partial charge in [-0.15, -0.1) is 0 Å². The second-order valence-corrected chi connectivity index (χ2v) is 4.42. The second kappa shape index (κ2) is 5.17. The minimum Gasteiger partial charge on any atom is -0.493 e. The molecule has 2 heteroatoms. The maximum absolute atomic E-state index is 9.58. The van der Waals surface area contributed by atoms with Crippen molar-refractivity contribution in [3.63, 3.8) is 0 Å². The Kier molecular flexibility index (Phi) is 4.15. The molecular formula is C13H20O2. The Hall–Kier alpha value is -1.02. The van der Waals surface area contributed by atoms with Crippen molar-refractivity contribution < 1.29 is 9.84 Å². The van der Waals surface area contributed by atoms with Gasteiger partial charge in [0.25, 0.3) is 0 Å². The molecule has 0 unspecified atom stereocenters. The van der Waals surface area contributed by atoms with Crippen LogP contribution in [0, 0.1) is 12.8 Å². The zero-order chi connectivity index (χ0) is 11.4. The number of aliphatic hydroxyl groups is 1. The quantitative estimate of drug-likeness (QED) is 0.824. The topological polar surface area (TPSA) is 29.5 Å². The predicted octanol–water partition coefficient (Wildman–Crippen LogP) is 3.08. The smallest absolute Gasteiger partial charge is 0.125 e. The molecule has 0 aliphatic carbocycles. The van der Waals surface area contributed by atoms with Crippen LogP contribution in [0.4, 0.5) is 0 Å². The van der Waals surface area contributed by atoms with Crippen LogP contribution in [0.1, 0.15) is 38.0 Å². The molecule has 0 radical (unpaired) electrons. The number of benzene rings is 1. The van der Waals surface area contributed by atoms with Gasteiger partial charge in [-0.3, -0.25) is 0 Å². The van der Waals surface area contributed by atoms with E-state index in [1.807, 2.05) is 25.1 Å². The van der Waals surface area contributed by atoms with E-state index in [-0.39, 0.29) is 0 Å². The molecule has 1 rings (SSSR count). The minimum atomic E-state index is -0.479. The van der Waals surface area contributed by atoms with Gasteiger partial charge in [-0.05, 0) is 31.4 Å². The van der Waals surface area contributed by atoms with Gasteiger partial charge in [0, 0.05) is 5.56 Å². The molecule has 0 spiro atoms. The Morgan fingerprint density at radius 2 is 1.93 bits per heavy atom. The van der Waals surface area contributed by atoms with Gasteiger partial charge in [-0.2, -0.15) is 0 Å². The van der Waals surface area contributed by atoms with Crippen molar-refractivity contribution in [1.82, 2.24) is 0 Å². The van der Waals surface area contributed by atoms with Crippen molar-refractivity contribution in [2.24, 2.45) is 5.92 Å². The summed E-state index contributed by atoms with van der Waals surface area (Å²) in [5.74, 6) is 1.30. The van der Waals surface area contributed by atoms with E-state index in [1.54, 1.807) is 6.92 Å². The Bertz CT molecular complexity index is 316. The maximum Gasteiger partial charge on any atom is 0.125 e. The van der Waals surface area contributed by atoms with Crippen LogP contribution in [0.3, 0.4) is 0 Å². The fourth-order valence-electron chi connectivity index (χ4n) is 1.37. The van der Waals surface area contributed by atoms with Crippen molar-refractivity contribution in [3.8, 4) is 5.75 Å². The highest BCUT2D eigenvalue weighted by atomic mass is 16.5. The number of hydrogen-bond acceptors (Lipinski definition) is 2. The molecular weight excluding hydrogens is 188 g/mol. The molecule has 2 nitrogen and oxygen atoms in total. The lowest BCUT2D eigenvalue weighted by Crippen LogP contribution is -2.07. The molecule has 15 heavy (non-hydrogen) atoms. The van der Waals surface area contributed by atoms with Crippen LogP contribution in [0.25, 0.3) is 0 Å². The van der Waals surface area contributed by atoms with Crippen LogP contribution in [0.2, 0.25) is 0 Å². The van der Waals surface area contributed by atoms with Crippen molar-refractivity contribution in [1.29, 1.82) is 0 Å². The number of rotatable bonds is 4. The van der Waals surface area contributed by atoms with Gasteiger partial charge in [-0.25, -0.2) is 0 Å². The number of ether oxygens (including phenoxy) is 1. The van der Waals surface area contributed by atoms with E-state index in [9.17, 15) is 5.11 Å². The van der Waals surface area contributed by atoms with Gasteiger partial charge in [0.05, 0.1) is 12.7 Å². The zero-order valence-corrected chi connectivity index (χ0v) is 9.95. The number of aryl methyl sites for hydroxylation is 1. The lowest BCUT2D eigenvalue weighted by molar-refractivity contribution is 0.188. The first-order chi connectivity index (χ1) is 7.00. The SMILES string of the molecule is Cc1ccc([C@@H](C)O)c(OCC(C)C)c1. The molecule has 0 amide bonds. The lowest BCUT2D eigenvalue weighted by atomic mass is 10.1. The van der Waals surface area contributed by atoms with Crippen LogP contribution in [0.5, 0.6) is 5.75 Å². The van der Waals surface area contributed by atoms with Gasteiger partial charge in [0.15, 0.2) is 0 Å². The minimum absolute atomic E-state index is 0.479. The molecule has 1 atom stereocenters. The first-order valence-corrected chi connectivity index (χ1v) is 5.42. The lowest BCUT2D eigenvalue weighted by Gasteiger charge is -2.15. The standard InChI is InChI=1S/C13H20O2/c1-9(2)8-15-13-7-10(3)5-6-12(13)11(4)14/h5-7,9,11,14H,8H2,1-4H3/t11-/m1/s1. The van der Waals surface area contributed by atoms with E-state index in [0.29, 0.717) is 12.5 Å². The van der Waals surface area contributed by atoms with Gasteiger partial charge in [0.2, 0.25) is 0 Å². The van der Waals surface area contributed by atoms with Crippen LogP contribution >= 0.6 is 0 Å². The molecule has 84 valence electrons. The van der Waals surface area contributed by atoms with Crippen molar-refractivity contribution in [2.75, 3.05) is 6.61 Å². The van der Waals surface area contributed by atoms with Crippen molar-refractivity contribution in [3.05, 3.63) is 29.3 Å². The zero-order valence-electron chi connectivity index (χ0n) is 9.95. The Balaban J connectivity index is 2.87. The average molecular weight is 208 g/mol. The Morgan fingerprint density at radius 3 is 2.47 bits per heavy atom. The predicted molar refractivity (Wildman–Crippen MR) is 62.1 cm³/mol.